The molecule has 1 aromatic carbocycles. The Hall–Kier alpha value is -2.94. The van der Waals surface area contributed by atoms with Gasteiger partial charge < -0.3 is 10.6 Å². The maximum Gasteiger partial charge on any atom is 0.315 e. The van der Waals surface area contributed by atoms with Crippen LogP contribution in [0.5, 0.6) is 0 Å². The van der Waals surface area contributed by atoms with Crippen molar-refractivity contribution in [1.29, 1.82) is 0 Å². The molecule has 146 valence electrons. The summed E-state index contributed by atoms with van der Waals surface area (Å²) in [6, 6.07) is 6.81. The van der Waals surface area contributed by atoms with Gasteiger partial charge >= 0.3 is 6.03 Å². The number of carbonyl (C=O) groups excluding carboxylic acids is 2. The van der Waals surface area contributed by atoms with E-state index >= 15 is 0 Å². The van der Waals surface area contributed by atoms with Gasteiger partial charge in [0.15, 0.2) is 0 Å². The third kappa shape index (κ3) is 6.70. The molecule has 0 aliphatic carbocycles. The van der Waals surface area contributed by atoms with E-state index in [1.165, 1.54) is 5.56 Å². The number of aromatic nitrogens is 3. The van der Waals surface area contributed by atoms with E-state index in [1.807, 2.05) is 45.0 Å². The summed E-state index contributed by atoms with van der Waals surface area (Å²) >= 11 is 0. The molecule has 3 amide bonds. The van der Waals surface area contributed by atoms with Crippen LogP contribution in [0.3, 0.4) is 0 Å². The topological polar surface area (TPSA) is 121 Å². The van der Waals surface area contributed by atoms with Crippen molar-refractivity contribution < 1.29 is 14.8 Å². The number of amides is 3. The fraction of sp³-hybridized carbons (Fsp3) is 0.444. The summed E-state index contributed by atoms with van der Waals surface area (Å²) in [5, 5.41) is 22.1. The first kappa shape index (κ1) is 20.4. The summed E-state index contributed by atoms with van der Waals surface area (Å²) in [4.78, 5) is 23.6. The monoisotopic (exact) mass is 374 g/mol. The van der Waals surface area contributed by atoms with Crippen molar-refractivity contribution in [3.63, 3.8) is 0 Å². The zero-order valence-electron chi connectivity index (χ0n) is 15.8. The SMILES string of the molecule is Cc1ccc(Cn2cc(CNC(=O)N[C@@H](CC(C)C)C(=O)NO)nn2)cc1. The van der Waals surface area contributed by atoms with Crippen LogP contribution in [0, 0.1) is 12.8 Å². The zero-order valence-corrected chi connectivity index (χ0v) is 15.8. The maximum absolute atomic E-state index is 12.0. The Bertz CT molecular complexity index is 757. The van der Waals surface area contributed by atoms with E-state index in [4.69, 9.17) is 5.21 Å². The smallest absolute Gasteiger partial charge is 0.315 e. The molecule has 0 saturated heterocycles. The largest absolute Gasteiger partial charge is 0.332 e. The van der Waals surface area contributed by atoms with E-state index in [1.54, 1.807) is 16.4 Å². The number of aryl methyl sites for hydroxylation is 1. The van der Waals surface area contributed by atoms with Gasteiger partial charge in [0.25, 0.3) is 5.91 Å². The van der Waals surface area contributed by atoms with Crippen molar-refractivity contribution in [1.82, 2.24) is 31.1 Å². The van der Waals surface area contributed by atoms with Gasteiger partial charge in [-0.15, -0.1) is 5.10 Å². The number of nitrogens with zero attached hydrogens (tertiary/aromatic N) is 3. The molecule has 0 radical (unpaired) electrons. The van der Waals surface area contributed by atoms with Crippen LogP contribution in [-0.4, -0.2) is 38.2 Å². The van der Waals surface area contributed by atoms with Crippen LogP contribution >= 0.6 is 0 Å². The second kappa shape index (κ2) is 9.67. The van der Waals surface area contributed by atoms with Crippen LogP contribution in [0.15, 0.2) is 30.5 Å². The average Bonchev–Trinajstić information content (AvgIpc) is 3.07. The minimum absolute atomic E-state index is 0.175. The van der Waals surface area contributed by atoms with Crippen LogP contribution in [-0.2, 0) is 17.9 Å². The summed E-state index contributed by atoms with van der Waals surface area (Å²) in [5.74, 6) is -0.475. The molecule has 0 aliphatic heterocycles. The summed E-state index contributed by atoms with van der Waals surface area (Å²) in [5.41, 5.74) is 4.47. The molecule has 0 bridgehead atoms. The van der Waals surface area contributed by atoms with Crippen molar-refractivity contribution >= 4 is 11.9 Å². The molecule has 1 heterocycles. The van der Waals surface area contributed by atoms with E-state index in [2.05, 4.69) is 20.9 Å². The summed E-state index contributed by atoms with van der Waals surface area (Å²) in [7, 11) is 0. The van der Waals surface area contributed by atoms with Crippen LogP contribution in [0.25, 0.3) is 0 Å². The van der Waals surface area contributed by atoms with Crippen molar-refractivity contribution in [3.05, 3.63) is 47.3 Å². The minimum atomic E-state index is -0.813. The lowest BCUT2D eigenvalue weighted by Gasteiger charge is -2.18. The van der Waals surface area contributed by atoms with E-state index in [0.717, 1.165) is 5.56 Å². The standard InChI is InChI=1S/C18H26N6O3/c1-12(2)8-16(17(25)22-27)20-18(26)19-9-15-11-24(23-21-15)10-14-6-4-13(3)5-7-14/h4-7,11-12,16,27H,8-10H2,1-3H3,(H,22,25)(H2,19,20,26)/t16-/m0/s1. The van der Waals surface area contributed by atoms with Gasteiger partial charge in [-0.3, -0.25) is 10.0 Å². The molecule has 4 N–H and O–H groups in total. The lowest BCUT2D eigenvalue weighted by molar-refractivity contribution is -0.131. The molecule has 1 aromatic heterocycles. The van der Waals surface area contributed by atoms with Gasteiger partial charge in [-0.2, -0.15) is 0 Å². The molecule has 1 atom stereocenters. The van der Waals surface area contributed by atoms with E-state index < -0.39 is 18.0 Å². The number of rotatable bonds is 8. The minimum Gasteiger partial charge on any atom is -0.332 e. The number of hydrogen-bond donors (Lipinski definition) is 4. The summed E-state index contributed by atoms with van der Waals surface area (Å²) in [6.45, 7) is 6.64. The Labute approximate surface area is 158 Å². The first-order valence-electron chi connectivity index (χ1n) is 8.80. The van der Waals surface area contributed by atoms with Crippen molar-refractivity contribution in [2.24, 2.45) is 5.92 Å². The molecule has 0 fully saturated rings. The van der Waals surface area contributed by atoms with Crippen LogP contribution in [0.1, 0.15) is 37.1 Å². The Morgan fingerprint density at radius 3 is 2.56 bits per heavy atom. The van der Waals surface area contributed by atoms with Gasteiger partial charge in [0.05, 0.1) is 19.3 Å². The highest BCUT2D eigenvalue weighted by molar-refractivity contribution is 5.86. The number of nitrogens with one attached hydrogen (secondary N) is 3. The Balaban J connectivity index is 1.85. The van der Waals surface area contributed by atoms with Gasteiger partial charge in [-0.1, -0.05) is 48.9 Å². The molecule has 9 nitrogen and oxygen atoms in total. The number of hydrogen-bond acceptors (Lipinski definition) is 5. The highest BCUT2D eigenvalue weighted by Crippen LogP contribution is 2.06. The van der Waals surface area contributed by atoms with E-state index in [0.29, 0.717) is 18.7 Å². The van der Waals surface area contributed by atoms with Crippen molar-refractivity contribution in [2.45, 2.75) is 46.3 Å². The molecule has 0 saturated carbocycles. The molecule has 0 aliphatic rings. The third-order valence-electron chi connectivity index (χ3n) is 3.92. The van der Waals surface area contributed by atoms with Crippen LogP contribution in [0.2, 0.25) is 0 Å². The average molecular weight is 374 g/mol. The van der Waals surface area contributed by atoms with Gasteiger partial charge in [-0.25, -0.2) is 15.0 Å². The van der Waals surface area contributed by atoms with E-state index in [-0.39, 0.29) is 12.5 Å². The second-order valence-electron chi connectivity index (χ2n) is 6.88. The fourth-order valence-electron chi connectivity index (χ4n) is 2.54. The quantitative estimate of drug-likeness (QED) is 0.411. The predicted octanol–water partition coefficient (Wildman–Crippen LogP) is 1.35. The molecular weight excluding hydrogens is 348 g/mol. The number of benzene rings is 1. The third-order valence-corrected chi connectivity index (χ3v) is 3.92. The van der Waals surface area contributed by atoms with Crippen LogP contribution in [0.4, 0.5) is 4.79 Å². The normalized spacial score (nSPS) is 11.9. The number of hydroxylamine groups is 1. The summed E-state index contributed by atoms with van der Waals surface area (Å²) < 4.78 is 1.69. The summed E-state index contributed by atoms with van der Waals surface area (Å²) in [6.07, 6.45) is 2.17. The van der Waals surface area contributed by atoms with Gasteiger partial charge in [0, 0.05) is 0 Å². The zero-order chi connectivity index (χ0) is 19.8. The van der Waals surface area contributed by atoms with Gasteiger partial charge in [-0.05, 0) is 24.8 Å². The molecule has 0 unspecified atom stereocenters. The number of carbonyl (C=O) groups is 2. The first-order valence-corrected chi connectivity index (χ1v) is 8.80. The molecule has 27 heavy (non-hydrogen) atoms. The van der Waals surface area contributed by atoms with Gasteiger partial charge in [0.2, 0.25) is 0 Å². The highest BCUT2D eigenvalue weighted by atomic mass is 16.5. The molecule has 2 aromatic rings. The molecule has 0 spiro atoms. The lowest BCUT2D eigenvalue weighted by atomic mass is 10.0. The van der Waals surface area contributed by atoms with Crippen molar-refractivity contribution in [2.75, 3.05) is 0 Å². The fourth-order valence-corrected chi connectivity index (χ4v) is 2.54. The Kier molecular flexibility index (Phi) is 7.30. The Morgan fingerprint density at radius 2 is 1.93 bits per heavy atom. The first-order chi connectivity index (χ1) is 12.9. The molecular formula is C18H26N6O3. The predicted molar refractivity (Wildman–Crippen MR) is 98.8 cm³/mol. The molecule has 9 heteroatoms. The van der Waals surface area contributed by atoms with Gasteiger partial charge in [0.1, 0.15) is 11.7 Å². The number of urea groups is 1. The molecule has 2 rings (SSSR count). The van der Waals surface area contributed by atoms with Crippen LogP contribution < -0.4 is 16.1 Å². The lowest BCUT2D eigenvalue weighted by Crippen LogP contribution is -2.49. The highest BCUT2D eigenvalue weighted by Gasteiger charge is 2.21. The Morgan fingerprint density at radius 1 is 1.22 bits per heavy atom. The van der Waals surface area contributed by atoms with Crippen molar-refractivity contribution in [3.8, 4) is 0 Å². The van der Waals surface area contributed by atoms with E-state index in [9.17, 15) is 9.59 Å². The maximum atomic E-state index is 12.0. The second-order valence-corrected chi connectivity index (χ2v) is 6.88.